The molecule has 2 aromatic rings. The van der Waals surface area contributed by atoms with Gasteiger partial charge in [0, 0.05) is 21.9 Å². The van der Waals surface area contributed by atoms with Crippen molar-refractivity contribution in [2.24, 2.45) is 0 Å². The van der Waals surface area contributed by atoms with Crippen molar-refractivity contribution < 1.29 is 0 Å². The Bertz CT molecular complexity index is 500. The Morgan fingerprint density at radius 2 is 1.94 bits per heavy atom. The molecule has 0 spiro atoms. The van der Waals surface area contributed by atoms with Crippen LogP contribution in [0.3, 0.4) is 0 Å². The maximum atomic E-state index is 4.54. The number of benzene rings is 1. The zero-order chi connectivity index (χ0) is 13.1. The molecule has 0 unspecified atom stereocenters. The minimum Gasteiger partial charge on any atom is -0.304 e. The molecule has 2 nitrogen and oxygen atoms in total. The monoisotopic (exact) mass is 324 g/mol. The van der Waals surface area contributed by atoms with Gasteiger partial charge in [-0.25, -0.2) is 4.98 Å². The van der Waals surface area contributed by atoms with Gasteiger partial charge >= 0.3 is 0 Å². The topological polar surface area (TPSA) is 24.9 Å². The average molecular weight is 325 g/mol. The second-order valence-electron chi connectivity index (χ2n) is 4.40. The maximum absolute atomic E-state index is 4.54. The molecule has 4 heteroatoms. The normalized spacial score (nSPS) is 12.7. The number of halogens is 1. The van der Waals surface area contributed by atoms with Crippen LogP contribution in [-0.2, 0) is 6.54 Å². The molecule has 0 bridgehead atoms. The van der Waals surface area contributed by atoms with Crippen LogP contribution in [0.25, 0.3) is 0 Å². The Morgan fingerprint density at radius 3 is 2.50 bits per heavy atom. The lowest BCUT2D eigenvalue weighted by Crippen LogP contribution is -2.17. The number of nitrogens with one attached hydrogen (secondary N) is 1. The standard InChI is InChI=1S/C14H17BrN2S/c1-9-11(3)18-14(17-9)8-16-10(2)12-4-6-13(15)7-5-12/h4-7,10,16H,8H2,1-3H3/t10-/m1/s1. The van der Waals surface area contributed by atoms with Crippen LogP contribution >= 0.6 is 27.3 Å². The van der Waals surface area contributed by atoms with Crippen molar-refractivity contribution in [1.29, 1.82) is 0 Å². The van der Waals surface area contributed by atoms with E-state index in [-0.39, 0.29) is 0 Å². The molecule has 0 aliphatic carbocycles. The van der Waals surface area contributed by atoms with E-state index in [1.165, 1.54) is 10.4 Å². The van der Waals surface area contributed by atoms with Gasteiger partial charge in [-0.2, -0.15) is 0 Å². The molecule has 0 aliphatic heterocycles. The van der Waals surface area contributed by atoms with E-state index >= 15 is 0 Å². The van der Waals surface area contributed by atoms with Crippen LogP contribution in [0, 0.1) is 13.8 Å². The third-order valence-electron chi connectivity index (χ3n) is 3.00. The summed E-state index contributed by atoms with van der Waals surface area (Å²) in [4.78, 5) is 5.85. The smallest absolute Gasteiger partial charge is 0.107 e. The molecule has 2 rings (SSSR count). The highest BCUT2D eigenvalue weighted by atomic mass is 79.9. The summed E-state index contributed by atoms with van der Waals surface area (Å²) in [5, 5.41) is 4.67. The molecule has 0 fully saturated rings. The van der Waals surface area contributed by atoms with E-state index in [0.29, 0.717) is 6.04 Å². The third-order valence-corrected chi connectivity index (χ3v) is 4.60. The molecule has 0 saturated carbocycles. The van der Waals surface area contributed by atoms with Crippen LogP contribution in [0.2, 0.25) is 0 Å². The number of hydrogen-bond acceptors (Lipinski definition) is 3. The summed E-state index contributed by atoms with van der Waals surface area (Å²) < 4.78 is 1.12. The highest BCUT2D eigenvalue weighted by Crippen LogP contribution is 2.19. The van der Waals surface area contributed by atoms with Crippen molar-refractivity contribution in [1.82, 2.24) is 10.3 Å². The SMILES string of the molecule is Cc1nc(CN[C@H](C)c2ccc(Br)cc2)sc1C. The summed E-state index contributed by atoms with van der Waals surface area (Å²) in [6.45, 7) is 7.19. The fourth-order valence-electron chi connectivity index (χ4n) is 1.72. The molecule has 96 valence electrons. The van der Waals surface area contributed by atoms with Crippen molar-refractivity contribution in [3.63, 3.8) is 0 Å². The minimum atomic E-state index is 0.336. The lowest BCUT2D eigenvalue weighted by molar-refractivity contribution is 0.573. The van der Waals surface area contributed by atoms with Gasteiger partial charge in [0.2, 0.25) is 0 Å². The number of rotatable bonds is 4. The molecule has 0 radical (unpaired) electrons. The van der Waals surface area contributed by atoms with E-state index in [1.807, 2.05) is 0 Å². The fraction of sp³-hybridized carbons (Fsp3) is 0.357. The molecule has 1 aromatic heterocycles. The number of aromatic nitrogens is 1. The number of hydrogen-bond donors (Lipinski definition) is 1. The predicted octanol–water partition coefficient (Wildman–Crippen LogP) is 4.37. The van der Waals surface area contributed by atoms with Crippen LogP contribution in [0.15, 0.2) is 28.7 Å². The molecule has 1 N–H and O–H groups in total. The molecule has 0 amide bonds. The van der Waals surface area contributed by atoms with E-state index in [9.17, 15) is 0 Å². The lowest BCUT2D eigenvalue weighted by Gasteiger charge is -2.13. The second-order valence-corrected chi connectivity index (χ2v) is 6.61. The highest BCUT2D eigenvalue weighted by Gasteiger charge is 2.07. The Kier molecular flexibility index (Phi) is 4.54. The summed E-state index contributed by atoms with van der Waals surface area (Å²) in [6, 6.07) is 8.76. The van der Waals surface area contributed by atoms with Gasteiger partial charge in [-0.1, -0.05) is 28.1 Å². The van der Waals surface area contributed by atoms with Gasteiger partial charge in [-0.15, -0.1) is 11.3 Å². The number of nitrogens with zero attached hydrogens (tertiary/aromatic N) is 1. The van der Waals surface area contributed by atoms with Crippen LogP contribution in [0.4, 0.5) is 0 Å². The number of thiazole rings is 1. The molecule has 1 heterocycles. The van der Waals surface area contributed by atoms with Crippen LogP contribution in [-0.4, -0.2) is 4.98 Å². The van der Waals surface area contributed by atoms with Crippen molar-refractivity contribution in [3.8, 4) is 0 Å². The molecular weight excluding hydrogens is 308 g/mol. The zero-order valence-electron chi connectivity index (χ0n) is 10.8. The Hall–Kier alpha value is -0.710. The first-order valence-electron chi connectivity index (χ1n) is 5.98. The van der Waals surface area contributed by atoms with Gasteiger partial charge in [-0.05, 0) is 38.5 Å². The van der Waals surface area contributed by atoms with E-state index in [1.54, 1.807) is 11.3 Å². The van der Waals surface area contributed by atoms with Crippen molar-refractivity contribution >= 4 is 27.3 Å². The molecular formula is C14H17BrN2S. The second kappa shape index (κ2) is 5.95. The van der Waals surface area contributed by atoms with E-state index in [4.69, 9.17) is 0 Å². The number of aryl methyl sites for hydroxylation is 2. The minimum absolute atomic E-state index is 0.336. The molecule has 0 aliphatic rings. The van der Waals surface area contributed by atoms with Crippen LogP contribution < -0.4 is 5.32 Å². The van der Waals surface area contributed by atoms with E-state index in [2.05, 4.69) is 71.3 Å². The van der Waals surface area contributed by atoms with Crippen LogP contribution in [0.5, 0.6) is 0 Å². The zero-order valence-corrected chi connectivity index (χ0v) is 13.2. The van der Waals surface area contributed by atoms with Crippen molar-refractivity contribution in [2.75, 3.05) is 0 Å². The Balaban J connectivity index is 1.95. The first-order valence-corrected chi connectivity index (χ1v) is 7.59. The molecule has 18 heavy (non-hydrogen) atoms. The summed E-state index contributed by atoms with van der Waals surface area (Å²) in [6.07, 6.45) is 0. The molecule has 1 aromatic carbocycles. The predicted molar refractivity (Wildman–Crippen MR) is 81.0 cm³/mol. The summed E-state index contributed by atoms with van der Waals surface area (Å²) in [5.41, 5.74) is 2.44. The van der Waals surface area contributed by atoms with Crippen molar-refractivity contribution in [2.45, 2.75) is 33.4 Å². The first-order chi connectivity index (χ1) is 8.56. The summed E-state index contributed by atoms with van der Waals surface area (Å²) in [5.74, 6) is 0. The van der Waals surface area contributed by atoms with Gasteiger partial charge < -0.3 is 5.32 Å². The molecule has 0 saturated heterocycles. The average Bonchev–Trinajstić information content (AvgIpc) is 2.67. The molecule has 1 atom stereocenters. The van der Waals surface area contributed by atoms with Gasteiger partial charge in [0.15, 0.2) is 0 Å². The Morgan fingerprint density at radius 1 is 1.28 bits per heavy atom. The largest absolute Gasteiger partial charge is 0.304 e. The fourth-order valence-corrected chi connectivity index (χ4v) is 2.87. The van der Waals surface area contributed by atoms with Gasteiger partial charge in [0.1, 0.15) is 5.01 Å². The van der Waals surface area contributed by atoms with Gasteiger partial charge in [-0.3, -0.25) is 0 Å². The summed E-state index contributed by atoms with van der Waals surface area (Å²) in [7, 11) is 0. The quantitative estimate of drug-likeness (QED) is 0.903. The third kappa shape index (κ3) is 3.40. The first kappa shape index (κ1) is 13.7. The Labute approximate surface area is 121 Å². The van der Waals surface area contributed by atoms with Crippen molar-refractivity contribution in [3.05, 3.63) is 49.9 Å². The van der Waals surface area contributed by atoms with E-state index < -0.39 is 0 Å². The van der Waals surface area contributed by atoms with E-state index in [0.717, 1.165) is 21.7 Å². The van der Waals surface area contributed by atoms with Gasteiger partial charge in [0.25, 0.3) is 0 Å². The van der Waals surface area contributed by atoms with Crippen LogP contribution in [0.1, 0.15) is 34.1 Å². The maximum Gasteiger partial charge on any atom is 0.107 e. The highest BCUT2D eigenvalue weighted by molar-refractivity contribution is 9.10. The lowest BCUT2D eigenvalue weighted by atomic mass is 10.1. The van der Waals surface area contributed by atoms with Gasteiger partial charge in [0.05, 0.1) is 5.69 Å². The summed E-state index contributed by atoms with van der Waals surface area (Å²) >= 11 is 5.23.